The van der Waals surface area contributed by atoms with E-state index >= 15 is 0 Å². The SMILES string of the molecule is CCCCCCCCCCCCC/C=N/NC(=O)c1ccncc1. The van der Waals surface area contributed by atoms with Crippen LogP contribution in [0.4, 0.5) is 0 Å². The van der Waals surface area contributed by atoms with E-state index in [2.05, 4.69) is 22.4 Å². The summed E-state index contributed by atoms with van der Waals surface area (Å²) < 4.78 is 0. The lowest BCUT2D eigenvalue weighted by Gasteiger charge is -2.01. The normalized spacial score (nSPS) is 11.0. The zero-order valence-electron chi connectivity index (χ0n) is 15.2. The van der Waals surface area contributed by atoms with Crippen LogP contribution in [0.25, 0.3) is 0 Å². The molecule has 0 atom stereocenters. The molecule has 1 heterocycles. The molecule has 0 aliphatic heterocycles. The number of amides is 1. The van der Waals surface area contributed by atoms with Crippen molar-refractivity contribution < 1.29 is 4.79 Å². The van der Waals surface area contributed by atoms with Crippen LogP contribution in [-0.4, -0.2) is 17.1 Å². The molecule has 1 N–H and O–H groups in total. The van der Waals surface area contributed by atoms with Gasteiger partial charge in [0, 0.05) is 24.2 Å². The van der Waals surface area contributed by atoms with Gasteiger partial charge >= 0.3 is 0 Å². The predicted molar refractivity (Wildman–Crippen MR) is 101 cm³/mol. The third-order valence-electron chi connectivity index (χ3n) is 4.14. The summed E-state index contributed by atoms with van der Waals surface area (Å²) in [5.74, 6) is -0.187. The lowest BCUT2D eigenvalue weighted by Crippen LogP contribution is -2.17. The van der Waals surface area contributed by atoms with Gasteiger partial charge in [-0.1, -0.05) is 71.1 Å². The molecule has 1 aromatic heterocycles. The molecule has 0 saturated heterocycles. The van der Waals surface area contributed by atoms with Gasteiger partial charge in [0.15, 0.2) is 0 Å². The first-order valence-corrected chi connectivity index (χ1v) is 9.56. The van der Waals surface area contributed by atoms with Crippen molar-refractivity contribution in [3.63, 3.8) is 0 Å². The Bertz CT molecular complexity index is 445. The summed E-state index contributed by atoms with van der Waals surface area (Å²) in [6.07, 6.45) is 20.7. The lowest BCUT2D eigenvalue weighted by atomic mass is 10.1. The summed E-state index contributed by atoms with van der Waals surface area (Å²) in [4.78, 5) is 15.6. The number of aromatic nitrogens is 1. The number of hydrogen-bond acceptors (Lipinski definition) is 3. The highest BCUT2D eigenvalue weighted by Gasteiger charge is 2.01. The van der Waals surface area contributed by atoms with Crippen LogP contribution in [0.3, 0.4) is 0 Å². The minimum atomic E-state index is -0.187. The fourth-order valence-corrected chi connectivity index (χ4v) is 2.64. The van der Waals surface area contributed by atoms with Crippen LogP contribution < -0.4 is 5.43 Å². The van der Waals surface area contributed by atoms with Gasteiger partial charge in [0.25, 0.3) is 5.91 Å². The molecule has 134 valence electrons. The van der Waals surface area contributed by atoms with Crippen LogP contribution in [0.5, 0.6) is 0 Å². The number of rotatable bonds is 14. The summed E-state index contributed by atoms with van der Waals surface area (Å²) in [6, 6.07) is 3.35. The number of carbonyl (C=O) groups excluding carboxylic acids is 1. The first-order chi connectivity index (χ1) is 11.8. The number of carbonyl (C=O) groups is 1. The van der Waals surface area contributed by atoms with Crippen molar-refractivity contribution in [2.24, 2.45) is 5.10 Å². The van der Waals surface area contributed by atoms with Crippen LogP contribution in [0, 0.1) is 0 Å². The number of unbranched alkanes of at least 4 members (excludes halogenated alkanes) is 11. The van der Waals surface area contributed by atoms with E-state index in [1.54, 1.807) is 30.7 Å². The Kier molecular flexibility index (Phi) is 12.6. The van der Waals surface area contributed by atoms with Crippen molar-refractivity contribution in [3.05, 3.63) is 30.1 Å². The molecular weight excluding hydrogens is 298 g/mol. The molecule has 1 rings (SSSR count). The Balaban J connectivity index is 1.87. The summed E-state index contributed by atoms with van der Waals surface area (Å²) in [5, 5.41) is 3.99. The first-order valence-electron chi connectivity index (χ1n) is 9.56. The van der Waals surface area contributed by atoms with Gasteiger partial charge in [-0.2, -0.15) is 5.10 Å². The summed E-state index contributed by atoms with van der Waals surface area (Å²) in [5.41, 5.74) is 3.12. The maximum atomic E-state index is 11.7. The van der Waals surface area contributed by atoms with Crippen LogP contribution in [0.15, 0.2) is 29.6 Å². The van der Waals surface area contributed by atoms with E-state index < -0.39 is 0 Å². The first kappa shape index (κ1) is 20.3. The quantitative estimate of drug-likeness (QED) is 0.278. The van der Waals surface area contributed by atoms with Gasteiger partial charge in [0.05, 0.1) is 0 Å². The molecule has 4 heteroatoms. The van der Waals surface area contributed by atoms with Crippen LogP contribution >= 0.6 is 0 Å². The summed E-state index contributed by atoms with van der Waals surface area (Å²) in [7, 11) is 0. The monoisotopic (exact) mass is 331 g/mol. The Labute approximate surface area is 147 Å². The van der Waals surface area contributed by atoms with E-state index in [-0.39, 0.29) is 5.91 Å². The highest BCUT2D eigenvalue weighted by molar-refractivity contribution is 5.94. The summed E-state index contributed by atoms with van der Waals surface area (Å²) in [6.45, 7) is 2.26. The second-order valence-corrected chi connectivity index (χ2v) is 6.31. The molecular formula is C20H33N3O. The van der Waals surface area contributed by atoms with E-state index in [4.69, 9.17) is 0 Å². The molecule has 0 unspecified atom stereocenters. The second-order valence-electron chi connectivity index (χ2n) is 6.31. The van der Waals surface area contributed by atoms with Gasteiger partial charge in [-0.3, -0.25) is 9.78 Å². The van der Waals surface area contributed by atoms with Gasteiger partial charge in [-0.15, -0.1) is 0 Å². The third kappa shape index (κ3) is 10.9. The Morgan fingerprint density at radius 3 is 2.08 bits per heavy atom. The van der Waals surface area contributed by atoms with Crippen molar-refractivity contribution in [1.82, 2.24) is 10.4 Å². The average Bonchev–Trinajstić information content (AvgIpc) is 2.62. The molecule has 0 bridgehead atoms. The van der Waals surface area contributed by atoms with E-state index in [1.807, 2.05) is 0 Å². The Hall–Kier alpha value is -1.71. The van der Waals surface area contributed by atoms with Crippen molar-refractivity contribution in [2.75, 3.05) is 0 Å². The van der Waals surface area contributed by atoms with Crippen molar-refractivity contribution >= 4 is 12.1 Å². The second kappa shape index (κ2) is 14.9. The molecule has 0 saturated carbocycles. The minimum Gasteiger partial charge on any atom is -0.267 e. The standard InChI is InChI=1S/C20H33N3O/c1-2-3-4-5-6-7-8-9-10-11-12-13-16-22-23-20(24)19-14-17-21-18-15-19/h14-18H,2-13H2,1H3,(H,23,24)/b22-16+. The molecule has 1 amide bonds. The van der Waals surface area contributed by atoms with E-state index in [0.29, 0.717) is 5.56 Å². The minimum absolute atomic E-state index is 0.187. The van der Waals surface area contributed by atoms with Crippen molar-refractivity contribution in [2.45, 2.75) is 84.0 Å². The predicted octanol–water partition coefficient (Wildman–Crippen LogP) is 5.50. The van der Waals surface area contributed by atoms with Crippen LogP contribution in [-0.2, 0) is 0 Å². The molecule has 0 fully saturated rings. The third-order valence-corrected chi connectivity index (χ3v) is 4.14. The molecule has 0 aliphatic rings. The number of hydrogen-bond donors (Lipinski definition) is 1. The van der Waals surface area contributed by atoms with Gasteiger partial charge < -0.3 is 0 Å². The van der Waals surface area contributed by atoms with Crippen molar-refractivity contribution in [3.8, 4) is 0 Å². The summed E-state index contributed by atoms with van der Waals surface area (Å²) >= 11 is 0. The number of pyridine rings is 1. The number of nitrogens with zero attached hydrogens (tertiary/aromatic N) is 2. The Morgan fingerprint density at radius 2 is 1.50 bits per heavy atom. The largest absolute Gasteiger partial charge is 0.271 e. The maximum absolute atomic E-state index is 11.7. The molecule has 4 nitrogen and oxygen atoms in total. The smallest absolute Gasteiger partial charge is 0.267 e. The molecule has 0 spiro atoms. The number of nitrogens with one attached hydrogen (secondary N) is 1. The van der Waals surface area contributed by atoms with E-state index in [9.17, 15) is 4.79 Å². The number of hydrazone groups is 1. The van der Waals surface area contributed by atoms with Crippen molar-refractivity contribution in [1.29, 1.82) is 0 Å². The zero-order valence-corrected chi connectivity index (χ0v) is 15.2. The highest BCUT2D eigenvalue weighted by atomic mass is 16.2. The van der Waals surface area contributed by atoms with E-state index in [1.165, 1.54) is 64.2 Å². The molecule has 0 aromatic carbocycles. The molecule has 24 heavy (non-hydrogen) atoms. The molecule has 0 radical (unpaired) electrons. The van der Waals surface area contributed by atoms with E-state index in [0.717, 1.165) is 12.8 Å². The van der Waals surface area contributed by atoms with Gasteiger partial charge in [0.1, 0.15) is 0 Å². The topological polar surface area (TPSA) is 54.4 Å². The maximum Gasteiger partial charge on any atom is 0.271 e. The van der Waals surface area contributed by atoms with Crippen LogP contribution in [0.1, 0.15) is 94.3 Å². The molecule has 0 aliphatic carbocycles. The molecule has 1 aromatic rings. The highest BCUT2D eigenvalue weighted by Crippen LogP contribution is 2.11. The van der Waals surface area contributed by atoms with Gasteiger partial charge in [0.2, 0.25) is 0 Å². The van der Waals surface area contributed by atoms with Crippen LogP contribution in [0.2, 0.25) is 0 Å². The zero-order chi connectivity index (χ0) is 17.3. The Morgan fingerprint density at radius 1 is 0.958 bits per heavy atom. The fraction of sp³-hybridized carbons (Fsp3) is 0.650. The van der Waals surface area contributed by atoms with Gasteiger partial charge in [-0.25, -0.2) is 5.43 Å². The lowest BCUT2D eigenvalue weighted by molar-refractivity contribution is 0.0955. The average molecular weight is 332 g/mol. The fourth-order valence-electron chi connectivity index (χ4n) is 2.64. The van der Waals surface area contributed by atoms with Gasteiger partial charge in [-0.05, 0) is 25.0 Å².